The predicted molar refractivity (Wildman–Crippen MR) is 70.2 cm³/mol. The van der Waals surface area contributed by atoms with Crippen molar-refractivity contribution in [2.75, 3.05) is 7.11 Å². The van der Waals surface area contributed by atoms with Gasteiger partial charge in [-0.3, -0.25) is 0 Å². The fourth-order valence-corrected chi connectivity index (χ4v) is 2.77. The Hall–Kier alpha value is -1.93. The molecule has 0 radical (unpaired) electrons. The Morgan fingerprint density at radius 3 is 2.57 bits per heavy atom. The van der Waals surface area contributed by atoms with Crippen LogP contribution in [-0.2, 0) is 17.5 Å². The molecule has 0 unspecified atom stereocenters. The molecule has 0 aliphatic carbocycles. The molecular formula is C13H10F3NO3S. The highest BCUT2D eigenvalue weighted by molar-refractivity contribution is 7.17. The molecule has 0 atom stereocenters. The highest BCUT2D eigenvalue weighted by Crippen LogP contribution is 2.38. The summed E-state index contributed by atoms with van der Waals surface area (Å²) < 4.78 is 43.5. The van der Waals surface area contributed by atoms with E-state index in [0.29, 0.717) is 22.5 Å². The van der Waals surface area contributed by atoms with E-state index in [2.05, 4.69) is 4.98 Å². The van der Waals surface area contributed by atoms with Gasteiger partial charge in [0.05, 0.1) is 6.61 Å². The van der Waals surface area contributed by atoms with Crippen LogP contribution in [0.5, 0.6) is 0 Å². The zero-order chi connectivity index (χ0) is 15.6. The monoisotopic (exact) mass is 317 g/mol. The van der Waals surface area contributed by atoms with Gasteiger partial charge in [0.1, 0.15) is 9.88 Å². The van der Waals surface area contributed by atoms with Crippen LogP contribution < -0.4 is 0 Å². The first-order valence-electron chi connectivity index (χ1n) is 5.73. The molecule has 1 heterocycles. The molecule has 0 aliphatic heterocycles. The quantitative estimate of drug-likeness (QED) is 0.934. The fourth-order valence-electron chi connectivity index (χ4n) is 1.78. The van der Waals surface area contributed by atoms with E-state index in [0.717, 1.165) is 0 Å². The van der Waals surface area contributed by atoms with Crippen LogP contribution in [0.25, 0.3) is 10.6 Å². The Bertz CT molecular complexity index is 667. The second kappa shape index (κ2) is 5.82. The Labute approximate surface area is 121 Å². The molecule has 8 heteroatoms. The lowest BCUT2D eigenvalue weighted by atomic mass is 10.1. The van der Waals surface area contributed by atoms with E-state index in [9.17, 15) is 18.0 Å². The molecule has 0 saturated heterocycles. The van der Waals surface area contributed by atoms with Crippen LogP contribution in [0.4, 0.5) is 13.2 Å². The summed E-state index contributed by atoms with van der Waals surface area (Å²) >= 11 is 0.501. The lowest BCUT2D eigenvalue weighted by Gasteiger charge is -2.05. The van der Waals surface area contributed by atoms with Gasteiger partial charge in [0.15, 0.2) is 5.69 Å². The number of halogens is 3. The van der Waals surface area contributed by atoms with Crippen molar-refractivity contribution in [3.05, 3.63) is 40.4 Å². The van der Waals surface area contributed by atoms with Gasteiger partial charge in [-0.15, -0.1) is 11.3 Å². The lowest BCUT2D eigenvalue weighted by Crippen LogP contribution is -2.11. The number of hydrogen-bond donors (Lipinski definition) is 1. The zero-order valence-electron chi connectivity index (χ0n) is 10.8. The molecule has 4 nitrogen and oxygen atoms in total. The first-order valence-corrected chi connectivity index (χ1v) is 6.54. The van der Waals surface area contributed by atoms with Gasteiger partial charge in [-0.2, -0.15) is 13.2 Å². The molecule has 2 rings (SSSR count). The number of alkyl halides is 3. The Morgan fingerprint density at radius 2 is 2.05 bits per heavy atom. The predicted octanol–water partition coefficient (Wildman–Crippen LogP) is 3.67. The topological polar surface area (TPSA) is 59.4 Å². The number of ether oxygens (including phenoxy) is 1. The van der Waals surface area contributed by atoms with Crippen molar-refractivity contribution >= 4 is 17.3 Å². The van der Waals surface area contributed by atoms with Gasteiger partial charge < -0.3 is 9.84 Å². The van der Waals surface area contributed by atoms with Gasteiger partial charge in [0.25, 0.3) is 0 Å². The Morgan fingerprint density at radius 1 is 1.38 bits per heavy atom. The molecule has 0 spiro atoms. The van der Waals surface area contributed by atoms with E-state index in [1.165, 1.54) is 7.11 Å². The van der Waals surface area contributed by atoms with Gasteiger partial charge in [0.2, 0.25) is 0 Å². The average molecular weight is 317 g/mol. The molecule has 21 heavy (non-hydrogen) atoms. The minimum atomic E-state index is -4.81. The van der Waals surface area contributed by atoms with Crippen LogP contribution in [0, 0.1) is 0 Å². The van der Waals surface area contributed by atoms with Crippen molar-refractivity contribution in [1.82, 2.24) is 4.98 Å². The molecular weight excluding hydrogens is 307 g/mol. The summed E-state index contributed by atoms with van der Waals surface area (Å²) in [5.41, 5.74) is -0.302. The highest BCUT2D eigenvalue weighted by atomic mass is 32.1. The zero-order valence-corrected chi connectivity index (χ0v) is 11.6. The summed E-state index contributed by atoms with van der Waals surface area (Å²) in [6, 6.07) is 6.63. The largest absolute Gasteiger partial charge is 0.477 e. The van der Waals surface area contributed by atoms with E-state index >= 15 is 0 Å². The molecule has 1 aromatic heterocycles. The minimum absolute atomic E-state index is 0.00683. The average Bonchev–Trinajstić information content (AvgIpc) is 2.85. The maximum Gasteiger partial charge on any atom is 0.435 e. The van der Waals surface area contributed by atoms with Gasteiger partial charge in [0, 0.05) is 12.7 Å². The number of aromatic carboxylic acids is 1. The lowest BCUT2D eigenvalue weighted by molar-refractivity contribution is -0.141. The summed E-state index contributed by atoms with van der Waals surface area (Å²) in [6.07, 6.45) is -4.81. The molecule has 0 bridgehead atoms. The van der Waals surface area contributed by atoms with Crippen LogP contribution in [-0.4, -0.2) is 23.2 Å². The summed E-state index contributed by atoms with van der Waals surface area (Å²) in [5.74, 6) is -1.64. The van der Waals surface area contributed by atoms with Crippen LogP contribution >= 0.6 is 11.3 Å². The minimum Gasteiger partial charge on any atom is -0.477 e. The van der Waals surface area contributed by atoms with E-state index in [-0.39, 0.29) is 11.6 Å². The Kier molecular flexibility index (Phi) is 4.29. The number of thiazole rings is 1. The summed E-state index contributed by atoms with van der Waals surface area (Å²) in [5, 5.41) is 8.91. The molecule has 1 aromatic carbocycles. The van der Waals surface area contributed by atoms with Gasteiger partial charge in [-0.25, -0.2) is 9.78 Å². The normalized spacial score (nSPS) is 11.6. The third kappa shape index (κ3) is 3.22. The molecule has 0 amide bonds. The van der Waals surface area contributed by atoms with Crippen LogP contribution in [0.1, 0.15) is 20.9 Å². The van der Waals surface area contributed by atoms with Crippen LogP contribution in [0.2, 0.25) is 0 Å². The van der Waals surface area contributed by atoms with Crippen molar-refractivity contribution in [2.24, 2.45) is 0 Å². The fraction of sp³-hybridized carbons (Fsp3) is 0.231. The van der Waals surface area contributed by atoms with Crippen LogP contribution in [0.3, 0.4) is 0 Å². The number of carboxylic acids is 1. The maximum absolute atomic E-state index is 12.8. The number of methoxy groups -OCH3 is 1. The second-order valence-electron chi connectivity index (χ2n) is 4.09. The number of aromatic nitrogens is 1. The summed E-state index contributed by atoms with van der Waals surface area (Å²) in [7, 11) is 1.46. The maximum atomic E-state index is 12.8. The van der Waals surface area contributed by atoms with E-state index in [1.807, 2.05) is 0 Å². The highest BCUT2D eigenvalue weighted by Gasteiger charge is 2.40. The van der Waals surface area contributed by atoms with Gasteiger partial charge in [-0.1, -0.05) is 24.3 Å². The van der Waals surface area contributed by atoms with Gasteiger partial charge >= 0.3 is 12.1 Å². The number of carboxylic acid groups (broad SMARTS) is 1. The standard InChI is InChI=1S/C13H10F3NO3S/c1-20-6-7-4-2-3-5-8(7)11-17-10(13(14,15)16)9(21-11)12(18)19/h2-5H,6H2,1H3,(H,18,19). The molecule has 0 saturated carbocycles. The van der Waals surface area contributed by atoms with Crippen LogP contribution in [0.15, 0.2) is 24.3 Å². The third-order valence-electron chi connectivity index (χ3n) is 2.64. The smallest absolute Gasteiger partial charge is 0.435 e. The number of hydrogen-bond acceptors (Lipinski definition) is 4. The molecule has 112 valence electrons. The first kappa shape index (κ1) is 15.5. The molecule has 1 N–H and O–H groups in total. The first-order chi connectivity index (χ1) is 9.84. The second-order valence-corrected chi connectivity index (χ2v) is 5.09. The van der Waals surface area contributed by atoms with Crippen molar-refractivity contribution in [2.45, 2.75) is 12.8 Å². The van der Waals surface area contributed by atoms with Crippen molar-refractivity contribution < 1.29 is 27.8 Å². The van der Waals surface area contributed by atoms with E-state index in [4.69, 9.17) is 9.84 Å². The van der Waals surface area contributed by atoms with Crippen molar-refractivity contribution in [1.29, 1.82) is 0 Å². The number of benzene rings is 1. The van der Waals surface area contributed by atoms with Crippen molar-refractivity contribution in [3.63, 3.8) is 0 Å². The third-order valence-corrected chi connectivity index (χ3v) is 3.71. The number of rotatable bonds is 4. The summed E-state index contributed by atoms with van der Waals surface area (Å²) in [6.45, 7) is 0.194. The molecule has 0 aliphatic rings. The van der Waals surface area contributed by atoms with Gasteiger partial charge in [-0.05, 0) is 5.56 Å². The van der Waals surface area contributed by atoms with E-state index < -0.39 is 22.7 Å². The Balaban J connectivity index is 2.58. The number of carbonyl (C=O) groups is 1. The summed E-state index contributed by atoms with van der Waals surface area (Å²) in [4.78, 5) is 13.6. The van der Waals surface area contributed by atoms with E-state index in [1.54, 1.807) is 24.3 Å². The molecule has 0 fully saturated rings. The SMILES string of the molecule is COCc1ccccc1-c1nc(C(F)(F)F)c(C(=O)O)s1. The van der Waals surface area contributed by atoms with Crippen molar-refractivity contribution in [3.8, 4) is 10.6 Å². The number of nitrogens with zero attached hydrogens (tertiary/aromatic N) is 1. The molecule has 2 aromatic rings.